The van der Waals surface area contributed by atoms with Crippen LogP contribution in [0, 0.1) is 0 Å². The highest BCUT2D eigenvalue weighted by Gasteiger charge is 2.35. The van der Waals surface area contributed by atoms with Crippen LogP contribution < -0.4 is 0 Å². The summed E-state index contributed by atoms with van der Waals surface area (Å²) >= 11 is 0. The zero-order chi connectivity index (χ0) is 10.8. The molecule has 1 aromatic rings. The standard InChI is InChI=1S/C13H16O3/c1-2-5-10(6-3-1)13-15-9-12-11(16-13)7-4-8-14-12/h1-3,5-6,11-13H,4,7-9H2. The average molecular weight is 220 g/mol. The molecular weight excluding hydrogens is 204 g/mol. The Labute approximate surface area is 95.3 Å². The Bertz CT molecular complexity index is 338. The highest BCUT2D eigenvalue weighted by molar-refractivity contribution is 5.16. The second kappa shape index (κ2) is 4.53. The molecule has 3 heteroatoms. The van der Waals surface area contributed by atoms with E-state index in [2.05, 4.69) is 0 Å². The molecule has 86 valence electrons. The Morgan fingerprint density at radius 2 is 1.88 bits per heavy atom. The molecule has 16 heavy (non-hydrogen) atoms. The van der Waals surface area contributed by atoms with Crippen LogP contribution in [0.3, 0.4) is 0 Å². The van der Waals surface area contributed by atoms with Crippen LogP contribution in [0.15, 0.2) is 30.3 Å². The molecule has 2 fully saturated rings. The van der Waals surface area contributed by atoms with Crippen LogP contribution in [-0.2, 0) is 14.2 Å². The summed E-state index contributed by atoms with van der Waals surface area (Å²) in [6.45, 7) is 1.48. The fourth-order valence-corrected chi connectivity index (χ4v) is 2.29. The molecule has 1 aromatic carbocycles. The van der Waals surface area contributed by atoms with E-state index < -0.39 is 0 Å². The Morgan fingerprint density at radius 3 is 2.75 bits per heavy atom. The summed E-state index contributed by atoms with van der Waals surface area (Å²) in [5.41, 5.74) is 1.09. The number of fused-ring (bicyclic) bond motifs is 1. The number of hydrogen-bond donors (Lipinski definition) is 0. The van der Waals surface area contributed by atoms with Crippen LogP contribution in [0.4, 0.5) is 0 Å². The fraction of sp³-hybridized carbons (Fsp3) is 0.538. The summed E-state index contributed by atoms with van der Waals surface area (Å²) < 4.78 is 17.2. The molecule has 3 unspecified atom stereocenters. The van der Waals surface area contributed by atoms with Crippen LogP contribution in [0.5, 0.6) is 0 Å². The van der Waals surface area contributed by atoms with Crippen molar-refractivity contribution >= 4 is 0 Å². The van der Waals surface area contributed by atoms with Crippen LogP contribution in [0.2, 0.25) is 0 Å². The van der Waals surface area contributed by atoms with E-state index in [0.717, 1.165) is 25.0 Å². The van der Waals surface area contributed by atoms with Gasteiger partial charge >= 0.3 is 0 Å². The summed E-state index contributed by atoms with van der Waals surface area (Å²) in [6.07, 6.45) is 2.28. The van der Waals surface area contributed by atoms with E-state index in [-0.39, 0.29) is 18.5 Å². The molecule has 2 aliphatic heterocycles. The lowest BCUT2D eigenvalue weighted by Crippen LogP contribution is -2.44. The highest BCUT2D eigenvalue weighted by Crippen LogP contribution is 2.31. The summed E-state index contributed by atoms with van der Waals surface area (Å²) in [4.78, 5) is 0. The van der Waals surface area contributed by atoms with Crippen molar-refractivity contribution in [3.05, 3.63) is 35.9 Å². The molecule has 0 N–H and O–H groups in total. The van der Waals surface area contributed by atoms with Gasteiger partial charge in [0.05, 0.1) is 12.7 Å². The number of benzene rings is 1. The van der Waals surface area contributed by atoms with Crippen molar-refractivity contribution in [1.29, 1.82) is 0 Å². The smallest absolute Gasteiger partial charge is 0.184 e. The van der Waals surface area contributed by atoms with E-state index in [0.29, 0.717) is 6.61 Å². The molecule has 3 rings (SSSR count). The predicted octanol–water partition coefficient (Wildman–Crippen LogP) is 2.28. The molecule has 0 aromatic heterocycles. The van der Waals surface area contributed by atoms with E-state index in [9.17, 15) is 0 Å². The summed E-state index contributed by atoms with van der Waals surface area (Å²) in [7, 11) is 0. The molecule has 0 spiro atoms. The quantitative estimate of drug-likeness (QED) is 0.726. The molecule has 0 amide bonds. The summed E-state index contributed by atoms with van der Waals surface area (Å²) in [6, 6.07) is 10.1. The molecule has 0 bridgehead atoms. The predicted molar refractivity (Wildman–Crippen MR) is 59.0 cm³/mol. The van der Waals surface area contributed by atoms with Crippen molar-refractivity contribution < 1.29 is 14.2 Å². The van der Waals surface area contributed by atoms with Gasteiger partial charge in [-0.15, -0.1) is 0 Å². The first-order valence-corrected chi connectivity index (χ1v) is 5.87. The minimum Gasteiger partial charge on any atom is -0.373 e. The normalized spacial score (nSPS) is 34.4. The van der Waals surface area contributed by atoms with Crippen LogP contribution in [0.1, 0.15) is 24.7 Å². The molecule has 3 atom stereocenters. The monoisotopic (exact) mass is 220 g/mol. The molecule has 0 saturated carbocycles. The molecule has 2 heterocycles. The van der Waals surface area contributed by atoms with Crippen molar-refractivity contribution in [2.45, 2.75) is 31.3 Å². The molecule has 3 nitrogen and oxygen atoms in total. The van der Waals surface area contributed by atoms with Crippen LogP contribution in [0.25, 0.3) is 0 Å². The van der Waals surface area contributed by atoms with Crippen molar-refractivity contribution in [3.63, 3.8) is 0 Å². The van der Waals surface area contributed by atoms with Gasteiger partial charge in [-0.3, -0.25) is 0 Å². The third-order valence-corrected chi connectivity index (χ3v) is 3.16. The molecule has 0 radical (unpaired) electrons. The zero-order valence-electron chi connectivity index (χ0n) is 9.17. The molecular formula is C13H16O3. The van der Waals surface area contributed by atoms with Crippen molar-refractivity contribution in [1.82, 2.24) is 0 Å². The van der Waals surface area contributed by atoms with Crippen LogP contribution >= 0.6 is 0 Å². The lowest BCUT2D eigenvalue weighted by Gasteiger charge is -2.39. The Morgan fingerprint density at radius 1 is 1.00 bits per heavy atom. The fourth-order valence-electron chi connectivity index (χ4n) is 2.29. The Balaban J connectivity index is 1.71. The maximum Gasteiger partial charge on any atom is 0.184 e. The van der Waals surface area contributed by atoms with E-state index >= 15 is 0 Å². The summed E-state index contributed by atoms with van der Waals surface area (Å²) in [5.74, 6) is 0. The van der Waals surface area contributed by atoms with Gasteiger partial charge in [0, 0.05) is 12.2 Å². The minimum absolute atomic E-state index is 0.133. The van der Waals surface area contributed by atoms with Gasteiger partial charge in [-0.2, -0.15) is 0 Å². The van der Waals surface area contributed by atoms with Crippen LogP contribution in [-0.4, -0.2) is 25.4 Å². The second-order valence-corrected chi connectivity index (χ2v) is 4.30. The highest BCUT2D eigenvalue weighted by atomic mass is 16.7. The van der Waals surface area contributed by atoms with Gasteiger partial charge in [-0.1, -0.05) is 30.3 Å². The minimum atomic E-state index is -0.218. The largest absolute Gasteiger partial charge is 0.373 e. The van der Waals surface area contributed by atoms with Crippen molar-refractivity contribution in [2.75, 3.05) is 13.2 Å². The van der Waals surface area contributed by atoms with Gasteiger partial charge in [-0.05, 0) is 12.8 Å². The number of rotatable bonds is 1. The van der Waals surface area contributed by atoms with E-state index in [4.69, 9.17) is 14.2 Å². The van der Waals surface area contributed by atoms with E-state index in [1.807, 2.05) is 30.3 Å². The van der Waals surface area contributed by atoms with Gasteiger partial charge < -0.3 is 14.2 Å². The maximum atomic E-state index is 5.93. The molecule has 2 aliphatic rings. The van der Waals surface area contributed by atoms with E-state index in [1.165, 1.54) is 0 Å². The Kier molecular flexibility index (Phi) is 2.91. The lowest BCUT2D eigenvalue weighted by molar-refractivity contribution is -0.277. The first kappa shape index (κ1) is 10.3. The summed E-state index contributed by atoms with van der Waals surface area (Å²) in [5, 5.41) is 0. The molecule has 0 aliphatic carbocycles. The van der Waals surface area contributed by atoms with Gasteiger partial charge in [0.2, 0.25) is 0 Å². The van der Waals surface area contributed by atoms with Gasteiger partial charge in [0.1, 0.15) is 6.10 Å². The van der Waals surface area contributed by atoms with Gasteiger partial charge in [0.15, 0.2) is 6.29 Å². The SMILES string of the molecule is c1ccc(C2OCC3OCCCC3O2)cc1. The number of ether oxygens (including phenoxy) is 3. The van der Waals surface area contributed by atoms with Gasteiger partial charge in [0.25, 0.3) is 0 Å². The zero-order valence-corrected chi connectivity index (χ0v) is 9.17. The topological polar surface area (TPSA) is 27.7 Å². The maximum absolute atomic E-state index is 5.93. The third-order valence-electron chi connectivity index (χ3n) is 3.16. The first-order chi connectivity index (χ1) is 7.93. The lowest BCUT2D eigenvalue weighted by atomic mass is 10.0. The first-order valence-electron chi connectivity index (χ1n) is 5.87. The Hall–Kier alpha value is -0.900. The van der Waals surface area contributed by atoms with Gasteiger partial charge in [-0.25, -0.2) is 0 Å². The average Bonchev–Trinajstić information content (AvgIpc) is 2.39. The third kappa shape index (κ3) is 1.98. The van der Waals surface area contributed by atoms with Crippen molar-refractivity contribution in [3.8, 4) is 0 Å². The number of hydrogen-bond acceptors (Lipinski definition) is 3. The second-order valence-electron chi connectivity index (χ2n) is 4.30. The van der Waals surface area contributed by atoms with E-state index in [1.54, 1.807) is 0 Å². The van der Waals surface area contributed by atoms with Crippen molar-refractivity contribution in [2.24, 2.45) is 0 Å². The molecule has 2 saturated heterocycles.